The highest BCUT2D eigenvalue weighted by Crippen LogP contribution is 2.21. The summed E-state index contributed by atoms with van der Waals surface area (Å²) in [4.78, 5) is 0. The molecule has 0 N–H and O–H groups in total. The Morgan fingerprint density at radius 1 is 1.00 bits per heavy atom. The van der Waals surface area contributed by atoms with E-state index in [0.717, 1.165) is 0 Å². The average Bonchev–Trinajstić information content (AvgIpc) is 1.81. The molecule has 0 fully saturated rings. The van der Waals surface area contributed by atoms with E-state index in [0.29, 0.717) is 5.41 Å². The van der Waals surface area contributed by atoms with Crippen LogP contribution in [0.1, 0.15) is 33.1 Å². The predicted octanol–water partition coefficient (Wildman–Crippen LogP) is 3.31. The molecule has 0 saturated heterocycles. The Bertz CT molecular complexity index is 133. The van der Waals surface area contributed by atoms with Crippen molar-refractivity contribution in [2.24, 2.45) is 5.41 Å². The molecule has 0 atom stereocenters. The third-order valence-corrected chi connectivity index (χ3v) is 1.84. The van der Waals surface area contributed by atoms with Crippen LogP contribution < -0.4 is 0 Å². The summed E-state index contributed by atoms with van der Waals surface area (Å²) in [5.74, 6) is 0. The van der Waals surface area contributed by atoms with E-state index in [2.05, 4.69) is 38.2 Å². The molecule has 0 heteroatoms. The largest absolute Gasteiger partial charge is 0.0877 e. The molecule has 0 aromatic rings. The first kappa shape index (κ1) is 7.59. The molecule has 1 rings (SSSR count). The fourth-order valence-corrected chi connectivity index (χ4v) is 1.18. The molecule has 0 bridgehead atoms. The summed E-state index contributed by atoms with van der Waals surface area (Å²) >= 11 is 0. The molecule has 1 aliphatic rings. The van der Waals surface area contributed by atoms with Crippen LogP contribution in [0.4, 0.5) is 0 Å². The van der Waals surface area contributed by atoms with E-state index in [-0.39, 0.29) is 0 Å². The summed E-state index contributed by atoms with van der Waals surface area (Å²) in [6.45, 7) is 4.48. The number of allylic oxidation sites excluding steroid dienone is 4. The van der Waals surface area contributed by atoms with E-state index in [4.69, 9.17) is 0 Å². The van der Waals surface area contributed by atoms with Gasteiger partial charge in [0.2, 0.25) is 0 Å². The van der Waals surface area contributed by atoms with Crippen LogP contribution in [0.15, 0.2) is 24.3 Å². The van der Waals surface area contributed by atoms with Crippen LogP contribution in [0.5, 0.6) is 0 Å². The zero-order chi connectivity index (χ0) is 7.45. The molecule has 0 amide bonds. The van der Waals surface area contributed by atoms with Gasteiger partial charge in [-0.15, -0.1) is 0 Å². The molecule has 0 nitrogen and oxygen atoms in total. The molecule has 0 saturated carbocycles. The van der Waals surface area contributed by atoms with Gasteiger partial charge in [-0.05, 0) is 19.3 Å². The van der Waals surface area contributed by atoms with Crippen molar-refractivity contribution in [3.8, 4) is 0 Å². The van der Waals surface area contributed by atoms with Gasteiger partial charge >= 0.3 is 0 Å². The van der Waals surface area contributed by atoms with Gasteiger partial charge in [0.25, 0.3) is 0 Å². The van der Waals surface area contributed by atoms with Gasteiger partial charge in [-0.3, -0.25) is 0 Å². The molecular formula is C10H16. The summed E-state index contributed by atoms with van der Waals surface area (Å²) in [5, 5.41) is 0. The average molecular weight is 136 g/mol. The second-order valence-electron chi connectivity index (χ2n) is 3.56. The Balaban J connectivity index is 2.63. The highest BCUT2D eigenvalue weighted by Gasteiger charge is 2.08. The Morgan fingerprint density at radius 2 is 1.50 bits per heavy atom. The van der Waals surface area contributed by atoms with Crippen molar-refractivity contribution in [1.29, 1.82) is 0 Å². The fourth-order valence-electron chi connectivity index (χ4n) is 1.18. The monoisotopic (exact) mass is 136 g/mol. The SMILES string of the molecule is CC1(C)/C=C\CCC/C=C\1. The minimum Gasteiger partial charge on any atom is -0.0877 e. The Labute approximate surface area is 63.6 Å². The first-order chi connectivity index (χ1) is 4.71. The molecule has 0 aromatic heterocycles. The van der Waals surface area contributed by atoms with Crippen molar-refractivity contribution in [1.82, 2.24) is 0 Å². The molecule has 10 heavy (non-hydrogen) atoms. The first-order valence-electron chi connectivity index (χ1n) is 4.06. The number of hydrogen-bond acceptors (Lipinski definition) is 0. The Hall–Kier alpha value is -0.520. The van der Waals surface area contributed by atoms with E-state index < -0.39 is 0 Å². The molecule has 56 valence electrons. The molecule has 0 aromatic carbocycles. The van der Waals surface area contributed by atoms with Crippen LogP contribution in [0, 0.1) is 5.41 Å². The summed E-state index contributed by atoms with van der Waals surface area (Å²) in [6.07, 6.45) is 13.0. The quantitative estimate of drug-likeness (QED) is 0.448. The lowest BCUT2D eigenvalue weighted by Crippen LogP contribution is -2.02. The third-order valence-electron chi connectivity index (χ3n) is 1.84. The van der Waals surface area contributed by atoms with E-state index in [1.807, 2.05) is 0 Å². The summed E-state index contributed by atoms with van der Waals surface area (Å²) in [7, 11) is 0. The molecule has 1 aliphatic carbocycles. The topological polar surface area (TPSA) is 0 Å². The van der Waals surface area contributed by atoms with Gasteiger partial charge in [-0.1, -0.05) is 38.2 Å². The lowest BCUT2D eigenvalue weighted by atomic mass is 9.90. The lowest BCUT2D eigenvalue weighted by molar-refractivity contribution is 0.611. The maximum atomic E-state index is 2.30. The van der Waals surface area contributed by atoms with Crippen LogP contribution in [-0.2, 0) is 0 Å². The normalized spacial score (nSPS) is 30.2. The van der Waals surface area contributed by atoms with Crippen LogP contribution >= 0.6 is 0 Å². The first-order valence-corrected chi connectivity index (χ1v) is 4.06. The van der Waals surface area contributed by atoms with Gasteiger partial charge in [0.05, 0.1) is 0 Å². The van der Waals surface area contributed by atoms with E-state index in [1.54, 1.807) is 0 Å². The second kappa shape index (κ2) is 3.05. The van der Waals surface area contributed by atoms with E-state index in [9.17, 15) is 0 Å². The van der Waals surface area contributed by atoms with Gasteiger partial charge in [0.15, 0.2) is 0 Å². The molecular weight excluding hydrogens is 120 g/mol. The van der Waals surface area contributed by atoms with Crippen molar-refractivity contribution in [3.63, 3.8) is 0 Å². The van der Waals surface area contributed by atoms with Gasteiger partial charge in [0.1, 0.15) is 0 Å². The van der Waals surface area contributed by atoms with Gasteiger partial charge in [-0.2, -0.15) is 0 Å². The van der Waals surface area contributed by atoms with Gasteiger partial charge in [0, 0.05) is 5.41 Å². The van der Waals surface area contributed by atoms with E-state index in [1.165, 1.54) is 19.3 Å². The van der Waals surface area contributed by atoms with Crippen LogP contribution in [0.25, 0.3) is 0 Å². The van der Waals surface area contributed by atoms with E-state index >= 15 is 0 Å². The minimum absolute atomic E-state index is 0.292. The molecule has 0 unspecified atom stereocenters. The van der Waals surface area contributed by atoms with Crippen LogP contribution in [-0.4, -0.2) is 0 Å². The van der Waals surface area contributed by atoms with Crippen LogP contribution in [0.3, 0.4) is 0 Å². The van der Waals surface area contributed by atoms with Crippen molar-refractivity contribution in [3.05, 3.63) is 24.3 Å². The predicted molar refractivity (Wildman–Crippen MR) is 45.9 cm³/mol. The Kier molecular flexibility index (Phi) is 2.31. The second-order valence-corrected chi connectivity index (χ2v) is 3.56. The van der Waals surface area contributed by atoms with Gasteiger partial charge in [-0.25, -0.2) is 0 Å². The smallest absolute Gasteiger partial charge is 0.000439 e. The fraction of sp³-hybridized carbons (Fsp3) is 0.600. The zero-order valence-electron chi connectivity index (χ0n) is 6.93. The molecule has 0 spiro atoms. The zero-order valence-corrected chi connectivity index (χ0v) is 6.93. The molecule has 0 heterocycles. The van der Waals surface area contributed by atoms with Crippen molar-refractivity contribution in [2.45, 2.75) is 33.1 Å². The lowest BCUT2D eigenvalue weighted by Gasteiger charge is -2.15. The molecule has 0 aliphatic heterocycles. The molecule has 0 radical (unpaired) electrons. The third kappa shape index (κ3) is 2.38. The minimum atomic E-state index is 0.292. The van der Waals surface area contributed by atoms with Crippen molar-refractivity contribution < 1.29 is 0 Å². The standard InChI is InChI=1S/C10H16/c1-10(2)8-6-4-3-5-7-9-10/h6-9H,3-5H2,1-2H3/b8-6-,9-7-. The van der Waals surface area contributed by atoms with Crippen molar-refractivity contribution >= 4 is 0 Å². The summed E-state index contributed by atoms with van der Waals surface area (Å²) in [6, 6.07) is 0. The summed E-state index contributed by atoms with van der Waals surface area (Å²) < 4.78 is 0. The maximum Gasteiger partial charge on any atom is 0.000439 e. The van der Waals surface area contributed by atoms with Gasteiger partial charge < -0.3 is 0 Å². The Morgan fingerprint density at radius 3 is 2.00 bits per heavy atom. The van der Waals surface area contributed by atoms with Crippen LogP contribution in [0.2, 0.25) is 0 Å². The highest BCUT2D eigenvalue weighted by molar-refractivity contribution is 5.08. The summed E-state index contributed by atoms with van der Waals surface area (Å²) in [5.41, 5.74) is 0.292. The van der Waals surface area contributed by atoms with Crippen molar-refractivity contribution in [2.75, 3.05) is 0 Å². The highest BCUT2D eigenvalue weighted by atomic mass is 14.1. The number of hydrogen-bond donors (Lipinski definition) is 0. The number of rotatable bonds is 0. The maximum absolute atomic E-state index is 2.30.